The van der Waals surface area contributed by atoms with Gasteiger partial charge in [0.15, 0.2) is 0 Å². The molecule has 0 fully saturated rings. The van der Waals surface area contributed by atoms with Crippen molar-refractivity contribution in [3.05, 3.63) is 33.8 Å². The number of rotatable bonds is 1. The van der Waals surface area contributed by atoms with Gasteiger partial charge in [0.05, 0.1) is 5.54 Å². The molecule has 1 rings (SSSR count). The number of halogens is 1. The van der Waals surface area contributed by atoms with Crippen molar-refractivity contribution in [2.75, 3.05) is 0 Å². The van der Waals surface area contributed by atoms with E-state index in [9.17, 15) is 0 Å². The normalized spacial score (nSPS) is 12.4. The maximum absolute atomic E-state index is 4.48. The Bertz CT molecular complexity index is 348. The topological polar surface area (TPSA) is 12.4 Å². The summed E-state index contributed by atoms with van der Waals surface area (Å²) in [6, 6.07) is 6.15. The van der Waals surface area contributed by atoms with E-state index in [1.165, 1.54) is 11.1 Å². The zero-order chi connectivity index (χ0) is 10.8. The Kier molecular flexibility index (Phi) is 3.48. The van der Waals surface area contributed by atoms with E-state index < -0.39 is 0 Å². The van der Waals surface area contributed by atoms with Crippen LogP contribution < -0.4 is 0 Å². The Morgan fingerprint density at radius 2 is 1.93 bits per heavy atom. The third-order valence-corrected chi connectivity index (χ3v) is 2.76. The van der Waals surface area contributed by atoms with Crippen LogP contribution in [0.2, 0.25) is 0 Å². The van der Waals surface area contributed by atoms with Gasteiger partial charge in [-0.2, -0.15) is 0 Å². The van der Waals surface area contributed by atoms with Gasteiger partial charge in [-0.25, -0.2) is 0 Å². The summed E-state index contributed by atoms with van der Waals surface area (Å²) in [6.45, 7) is 8.37. The molecular formula is C12H16BrN. The van der Waals surface area contributed by atoms with Crippen molar-refractivity contribution in [1.82, 2.24) is 0 Å². The first kappa shape index (κ1) is 11.4. The second-order valence-electron chi connectivity index (χ2n) is 4.38. The molecule has 0 bridgehead atoms. The second-order valence-corrected chi connectivity index (χ2v) is 5.24. The lowest BCUT2D eigenvalue weighted by atomic mass is 10.1. The maximum Gasteiger partial charge on any atom is 0.0524 e. The van der Waals surface area contributed by atoms with E-state index in [1.54, 1.807) is 0 Å². The highest BCUT2D eigenvalue weighted by atomic mass is 79.9. The van der Waals surface area contributed by atoms with Gasteiger partial charge in [-0.05, 0) is 44.9 Å². The molecule has 0 atom stereocenters. The largest absolute Gasteiger partial charge is 0.287 e. The molecule has 14 heavy (non-hydrogen) atoms. The van der Waals surface area contributed by atoms with E-state index in [2.05, 4.69) is 54.7 Å². The molecule has 0 spiro atoms. The summed E-state index contributed by atoms with van der Waals surface area (Å²) in [5.74, 6) is 0. The Balaban J connectivity index is 2.98. The van der Waals surface area contributed by atoms with Gasteiger partial charge in [0.25, 0.3) is 0 Å². The first-order chi connectivity index (χ1) is 6.40. The molecule has 1 aromatic rings. The van der Waals surface area contributed by atoms with Crippen molar-refractivity contribution in [2.24, 2.45) is 4.99 Å². The minimum absolute atomic E-state index is 0.00520. The fraction of sp³-hybridized carbons (Fsp3) is 0.417. The zero-order valence-electron chi connectivity index (χ0n) is 9.13. The summed E-state index contributed by atoms with van der Waals surface area (Å²) < 4.78 is 1.13. The molecule has 0 radical (unpaired) electrons. The highest BCUT2D eigenvalue weighted by Crippen LogP contribution is 2.18. The van der Waals surface area contributed by atoms with E-state index in [0.717, 1.165) is 4.47 Å². The van der Waals surface area contributed by atoms with E-state index in [0.29, 0.717) is 0 Å². The standard InChI is InChI=1S/C12H16BrN/c1-9-10(6-5-7-11(9)13)8-14-12(2,3)4/h5-8H,1-4H3. The van der Waals surface area contributed by atoms with Gasteiger partial charge in [0, 0.05) is 10.7 Å². The van der Waals surface area contributed by atoms with Crippen LogP contribution in [0, 0.1) is 6.92 Å². The molecule has 0 saturated carbocycles. The van der Waals surface area contributed by atoms with Crippen LogP contribution in [0.3, 0.4) is 0 Å². The maximum atomic E-state index is 4.48. The smallest absolute Gasteiger partial charge is 0.0524 e. The first-order valence-corrected chi connectivity index (χ1v) is 5.50. The fourth-order valence-corrected chi connectivity index (χ4v) is 1.41. The monoisotopic (exact) mass is 253 g/mol. The highest BCUT2D eigenvalue weighted by Gasteiger charge is 2.05. The summed E-state index contributed by atoms with van der Waals surface area (Å²) in [7, 11) is 0. The van der Waals surface area contributed by atoms with Crippen LogP contribution in [-0.4, -0.2) is 11.8 Å². The molecule has 0 saturated heterocycles. The Morgan fingerprint density at radius 1 is 1.29 bits per heavy atom. The number of aliphatic imine (C=N–C) groups is 1. The van der Waals surface area contributed by atoms with E-state index in [-0.39, 0.29) is 5.54 Å². The molecule has 0 aromatic heterocycles. The molecule has 0 amide bonds. The van der Waals surface area contributed by atoms with Gasteiger partial charge in [-0.3, -0.25) is 4.99 Å². The van der Waals surface area contributed by atoms with Crippen molar-refractivity contribution >= 4 is 22.1 Å². The van der Waals surface area contributed by atoms with E-state index in [4.69, 9.17) is 0 Å². The van der Waals surface area contributed by atoms with Crippen molar-refractivity contribution < 1.29 is 0 Å². The van der Waals surface area contributed by atoms with Crippen LogP contribution in [0.1, 0.15) is 31.9 Å². The molecule has 1 aromatic carbocycles. The van der Waals surface area contributed by atoms with Gasteiger partial charge in [0.2, 0.25) is 0 Å². The molecule has 0 aliphatic carbocycles. The Morgan fingerprint density at radius 3 is 2.50 bits per heavy atom. The van der Waals surface area contributed by atoms with Gasteiger partial charge in [-0.15, -0.1) is 0 Å². The Labute approximate surface area is 94.4 Å². The lowest BCUT2D eigenvalue weighted by Gasteiger charge is -2.11. The number of benzene rings is 1. The number of hydrogen-bond acceptors (Lipinski definition) is 1. The summed E-state index contributed by atoms with van der Waals surface area (Å²) in [5, 5.41) is 0. The summed E-state index contributed by atoms with van der Waals surface area (Å²) in [4.78, 5) is 4.48. The zero-order valence-corrected chi connectivity index (χ0v) is 10.7. The van der Waals surface area contributed by atoms with Gasteiger partial charge >= 0.3 is 0 Å². The van der Waals surface area contributed by atoms with Crippen LogP contribution in [0.15, 0.2) is 27.7 Å². The average Bonchev–Trinajstić information content (AvgIpc) is 2.06. The lowest BCUT2D eigenvalue weighted by molar-refractivity contribution is 0.586. The molecule has 0 N–H and O–H groups in total. The predicted octanol–water partition coefficient (Wildman–Crippen LogP) is 3.97. The number of nitrogens with zero attached hydrogens (tertiary/aromatic N) is 1. The second kappa shape index (κ2) is 4.26. The third kappa shape index (κ3) is 3.26. The molecule has 0 unspecified atom stereocenters. The van der Waals surface area contributed by atoms with E-state index in [1.807, 2.05) is 18.3 Å². The van der Waals surface area contributed by atoms with Gasteiger partial charge in [-0.1, -0.05) is 28.1 Å². The van der Waals surface area contributed by atoms with Crippen molar-refractivity contribution in [3.8, 4) is 0 Å². The molecule has 76 valence electrons. The first-order valence-electron chi connectivity index (χ1n) is 4.70. The molecule has 0 aliphatic heterocycles. The molecular weight excluding hydrogens is 238 g/mol. The van der Waals surface area contributed by atoms with Gasteiger partial charge < -0.3 is 0 Å². The molecule has 0 aliphatic rings. The third-order valence-electron chi connectivity index (χ3n) is 1.90. The fourth-order valence-electron chi connectivity index (χ4n) is 1.03. The van der Waals surface area contributed by atoms with Crippen LogP contribution in [0.4, 0.5) is 0 Å². The SMILES string of the molecule is Cc1c(Br)cccc1C=NC(C)(C)C. The summed E-state index contributed by atoms with van der Waals surface area (Å²) in [5.41, 5.74) is 2.41. The molecule has 2 heteroatoms. The Hall–Kier alpha value is -0.630. The van der Waals surface area contributed by atoms with Gasteiger partial charge in [0.1, 0.15) is 0 Å². The predicted molar refractivity (Wildman–Crippen MR) is 66.2 cm³/mol. The quantitative estimate of drug-likeness (QED) is 0.672. The minimum atomic E-state index is -0.00520. The van der Waals surface area contributed by atoms with Crippen molar-refractivity contribution in [3.63, 3.8) is 0 Å². The van der Waals surface area contributed by atoms with Crippen molar-refractivity contribution in [2.45, 2.75) is 33.2 Å². The minimum Gasteiger partial charge on any atom is -0.287 e. The van der Waals surface area contributed by atoms with Crippen LogP contribution in [-0.2, 0) is 0 Å². The molecule has 0 heterocycles. The van der Waals surface area contributed by atoms with Crippen LogP contribution >= 0.6 is 15.9 Å². The average molecular weight is 254 g/mol. The van der Waals surface area contributed by atoms with Crippen molar-refractivity contribution in [1.29, 1.82) is 0 Å². The van der Waals surface area contributed by atoms with Crippen LogP contribution in [0.25, 0.3) is 0 Å². The number of hydrogen-bond donors (Lipinski definition) is 0. The van der Waals surface area contributed by atoms with E-state index >= 15 is 0 Å². The van der Waals surface area contributed by atoms with Crippen LogP contribution in [0.5, 0.6) is 0 Å². The summed E-state index contributed by atoms with van der Waals surface area (Å²) >= 11 is 3.50. The summed E-state index contributed by atoms with van der Waals surface area (Å²) in [6.07, 6.45) is 1.94. The molecule has 1 nitrogen and oxygen atoms in total. The lowest BCUT2D eigenvalue weighted by Crippen LogP contribution is -2.09. The highest BCUT2D eigenvalue weighted by molar-refractivity contribution is 9.10.